The van der Waals surface area contributed by atoms with Crippen molar-refractivity contribution in [1.82, 2.24) is 9.88 Å². The number of nitro benzene ring substituents is 2. The summed E-state index contributed by atoms with van der Waals surface area (Å²) in [5.74, 6) is 0.478. The Bertz CT molecular complexity index is 951. The van der Waals surface area contributed by atoms with Crippen molar-refractivity contribution in [2.75, 3.05) is 13.6 Å². The highest BCUT2D eigenvalue weighted by Crippen LogP contribution is 2.22. The lowest BCUT2D eigenvalue weighted by molar-refractivity contribution is -0.385. The highest BCUT2D eigenvalue weighted by atomic mass is 16.6. The molecule has 0 saturated carbocycles. The van der Waals surface area contributed by atoms with Crippen LogP contribution in [-0.2, 0) is 13.0 Å². The van der Waals surface area contributed by atoms with Crippen LogP contribution in [0.3, 0.4) is 0 Å². The number of nitro groups is 2. The minimum atomic E-state index is -0.468. The van der Waals surface area contributed by atoms with Gasteiger partial charge in [0.15, 0.2) is 5.58 Å². The zero-order chi connectivity index (χ0) is 18.7. The van der Waals surface area contributed by atoms with Gasteiger partial charge in [-0.1, -0.05) is 12.1 Å². The number of benzene rings is 2. The van der Waals surface area contributed by atoms with Gasteiger partial charge < -0.3 is 4.42 Å². The molecule has 0 aliphatic heterocycles. The van der Waals surface area contributed by atoms with Crippen LogP contribution in [0.1, 0.15) is 11.5 Å². The van der Waals surface area contributed by atoms with Crippen molar-refractivity contribution in [2.24, 2.45) is 0 Å². The summed E-state index contributed by atoms with van der Waals surface area (Å²) < 4.78 is 5.62. The van der Waals surface area contributed by atoms with Gasteiger partial charge >= 0.3 is 0 Å². The Balaban J connectivity index is 1.60. The number of nitrogens with zero attached hydrogens (tertiary/aromatic N) is 4. The predicted octanol–water partition coefficient (Wildman–Crippen LogP) is 3.32. The number of hydrogen-bond donors (Lipinski definition) is 0. The van der Waals surface area contributed by atoms with Gasteiger partial charge in [-0.05, 0) is 25.1 Å². The monoisotopic (exact) mass is 356 g/mol. The van der Waals surface area contributed by atoms with E-state index < -0.39 is 9.85 Å². The number of non-ortho nitro benzene ring substituents is 2. The van der Waals surface area contributed by atoms with Gasteiger partial charge in [0, 0.05) is 30.8 Å². The second-order valence-corrected chi connectivity index (χ2v) is 5.93. The molecule has 3 aromatic rings. The first-order valence-corrected chi connectivity index (χ1v) is 7.88. The molecule has 0 aliphatic carbocycles. The standard InChI is InChI=1S/C17H16N4O5/c1-19(9-8-12-2-4-13(5-3-12)20(22)23)11-17-18-15-10-14(21(24)25)6-7-16(15)26-17/h2-7,10H,8-9,11H2,1H3. The Hall–Kier alpha value is -3.33. The van der Waals surface area contributed by atoms with E-state index in [1.807, 2.05) is 11.9 Å². The second-order valence-electron chi connectivity index (χ2n) is 5.93. The number of hydrogen-bond acceptors (Lipinski definition) is 7. The molecule has 26 heavy (non-hydrogen) atoms. The summed E-state index contributed by atoms with van der Waals surface area (Å²) in [6.45, 7) is 1.16. The highest BCUT2D eigenvalue weighted by molar-refractivity contribution is 5.75. The van der Waals surface area contributed by atoms with Crippen molar-refractivity contribution in [3.05, 3.63) is 74.1 Å². The van der Waals surface area contributed by atoms with Crippen LogP contribution >= 0.6 is 0 Å². The molecular formula is C17H16N4O5. The molecule has 9 heteroatoms. The van der Waals surface area contributed by atoms with E-state index in [0.29, 0.717) is 30.1 Å². The van der Waals surface area contributed by atoms with Crippen molar-refractivity contribution < 1.29 is 14.3 Å². The summed E-state index contributed by atoms with van der Waals surface area (Å²) in [5.41, 5.74) is 2.01. The van der Waals surface area contributed by atoms with Gasteiger partial charge in [-0.3, -0.25) is 25.1 Å². The van der Waals surface area contributed by atoms with Crippen molar-refractivity contribution >= 4 is 22.5 Å². The molecule has 0 saturated heterocycles. The van der Waals surface area contributed by atoms with Crippen LogP contribution in [0.25, 0.3) is 11.1 Å². The highest BCUT2D eigenvalue weighted by Gasteiger charge is 2.13. The van der Waals surface area contributed by atoms with Gasteiger partial charge in [0.1, 0.15) is 5.52 Å². The largest absolute Gasteiger partial charge is 0.439 e. The molecule has 0 fully saturated rings. The fraction of sp³-hybridized carbons (Fsp3) is 0.235. The molecule has 0 amide bonds. The van der Waals surface area contributed by atoms with Crippen LogP contribution in [0.15, 0.2) is 46.9 Å². The van der Waals surface area contributed by atoms with Crippen LogP contribution in [0, 0.1) is 20.2 Å². The average molecular weight is 356 g/mol. The molecule has 0 spiro atoms. The van der Waals surface area contributed by atoms with E-state index in [9.17, 15) is 20.2 Å². The minimum Gasteiger partial charge on any atom is -0.439 e. The van der Waals surface area contributed by atoms with E-state index in [1.165, 1.54) is 24.3 Å². The van der Waals surface area contributed by atoms with Crippen LogP contribution < -0.4 is 0 Å². The third-order valence-corrected chi connectivity index (χ3v) is 3.96. The van der Waals surface area contributed by atoms with E-state index in [0.717, 1.165) is 12.0 Å². The molecule has 0 radical (unpaired) electrons. The summed E-state index contributed by atoms with van der Waals surface area (Å²) in [4.78, 5) is 26.9. The molecule has 0 atom stereocenters. The molecule has 1 aromatic heterocycles. The third kappa shape index (κ3) is 4.01. The zero-order valence-corrected chi connectivity index (χ0v) is 14.0. The SMILES string of the molecule is CN(CCc1ccc([N+](=O)[O-])cc1)Cc1nc2cc([N+](=O)[O-])ccc2o1. The molecule has 0 aliphatic rings. The van der Waals surface area contributed by atoms with Crippen molar-refractivity contribution in [3.8, 4) is 0 Å². The first-order chi connectivity index (χ1) is 12.4. The molecule has 1 heterocycles. The van der Waals surface area contributed by atoms with Gasteiger partial charge in [0.05, 0.1) is 16.4 Å². The van der Waals surface area contributed by atoms with Gasteiger partial charge in [-0.25, -0.2) is 4.98 Å². The smallest absolute Gasteiger partial charge is 0.271 e. The molecule has 9 nitrogen and oxygen atoms in total. The number of rotatable bonds is 7. The Morgan fingerprint density at radius 3 is 2.35 bits per heavy atom. The van der Waals surface area contributed by atoms with Crippen LogP contribution in [0.2, 0.25) is 0 Å². The first-order valence-electron chi connectivity index (χ1n) is 7.88. The maximum Gasteiger partial charge on any atom is 0.271 e. The Kier molecular flexibility index (Phi) is 4.90. The molecule has 0 N–H and O–H groups in total. The maximum atomic E-state index is 10.8. The number of oxazole rings is 1. The Labute approximate surface area is 148 Å². The third-order valence-electron chi connectivity index (χ3n) is 3.96. The lowest BCUT2D eigenvalue weighted by atomic mass is 10.1. The fourth-order valence-electron chi connectivity index (χ4n) is 2.56. The molecule has 0 unspecified atom stereocenters. The average Bonchev–Trinajstić information content (AvgIpc) is 3.01. The summed E-state index contributed by atoms with van der Waals surface area (Å²) >= 11 is 0. The van der Waals surface area contributed by atoms with E-state index >= 15 is 0 Å². The van der Waals surface area contributed by atoms with E-state index in [-0.39, 0.29) is 11.4 Å². The van der Waals surface area contributed by atoms with Crippen LogP contribution in [0.5, 0.6) is 0 Å². The summed E-state index contributed by atoms with van der Waals surface area (Å²) in [5, 5.41) is 21.5. The minimum absolute atomic E-state index is 0.0242. The number of aromatic nitrogens is 1. The quantitative estimate of drug-likeness (QED) is 0.471. The first kappa shape index (κ1) is 17.5. The lowest BCUT2D eigenvalue weighted by Gasteiger charge is -2.14. The van der Waals surface area contributed by atoms with E-state index in [2.05, 4.69) is 4.98 Å². The lowest BCUT2D eigenvalue weighted by Crippen LogP contribution is -2.20. The van der Waals surface area contributed by atoms with Crippen molar-refractivity contribution in [1.29, 1.82) is 0 Å². The topological polar surface area (TPSA) is 116 Å². The Morgan fingerprint density at radius 1 is 1.04 bits per heavy atom. The molecular weight excluding hydrogens is 340 g/mol. The zero-order valence-electron chi connectivity index (χ0n) is 14.0. The summed E-state index contributed by atoms with van der Waals surface area (Å²) in [7, 11) is 1.91. The Morgan fingerprint density at radius 2 is 1.69 bits per heavy atom. The van der Waals surface area contributed by atoms with E-state index in [4.69, 9.17) is 4.42 Å². The van der Waals surface area contributed by atoms with Gasteiger partial charge in [0.25, 0.3) is 11.4 Å². The second kappa shape index (κ2) is 7.28. The van der Waals surface area contributed by atoms with Gasteiger partial charge in [0.2, 0.25) is 5.89 Å². The summed E-state index contributed by atoms with van der Waals surface area (Å²) in [6, 6.07) is 10.8. The van der Waals surface area contributed by atoms with Gasteiger partial charge in [-0.15, -0.1) is 0 Å². The number of likely N-dealkylation sites (N-methyl/N-ethyl adjacent to an activating group) is 1. The molecule has 3 rings (SSSR count). The molecule has 134 valence electrons. The van der Waals surface area contributed by atoms with Crippen LogP contribution in [-0.4, -0.2) is 33.3 Å². The fourth-order valence-corrected chi connectivity index (χ4v) is 2.56. The van der Waals surface area contributed by atoms with Gasteiger partial charge in [-0.2, -0.15) is 0 Å². The number of fused-ring (bicyclic) bond motifs is 1. The summed E-state index contributed by atoms with van der Waals surface area (Å²) in [6.07, 6.45) is 0.722. The van der Waals surface area contributed by atoms with Crippen LogP contribution in [0.4, 0.5) is 11.4 Å². The molecule has 2 aromatic carbocycles. The maximum absolute atomic E-state index is 10.8. The van der Waals surface area contributed by atoms with Crippen molar-refractivity contribution in [3.63, 3.8) is 0 Å². The predicted molar refractivity (Wildman–Crippen MR) is 93.8 cm³/mol. The van der Waals surface area contributed by atoms with Crippen molar-refractivity contribution in [2.45, 2.75) is 13.0 Å². The van der Waals surface area contributed by atoms with E-state index in [1.54, 1.807) is 18.2 Å². The normalized spacial score (nSPS) is 11.2. The molecule has 0 bridgehead atoms.